The lowest BCUT2D eigenvalue weighted by molar-refractivity contribution is 0.0197. The van der Waals surface area contributed by atoms with Crippen LogP contribution in [0.3, 0.4) is 0 Å². The van der Waals surface area contributed by atoms with Gasteiger partial charge in [-0.15, -0.1) is 0 Å². The zero-order valence-electron chi connectivity index (χ0n) is 11.0. The van der Waals surface area contributed by atoms with Gasteiger partial charge in [0, 0.05) is 12.6 Å². The molecule has 2 aliphatic heterocycles. The molecular formula is C13H23NO2S. The highest BCUT2D eigenvalue weighted by Gasteiger charge is 2.53. The van der Waals surface area contributed by atoms with Gasteiger partial charge in [0.25, 0.3) is 0 Å². The second kappa shape index (κ2) is 4.71. The molecule has 3 rings (SSSR count). The minimum atomic E-state index is -0.384. The maximum atomic E-state index is 12.0. The fourth-order valence-corrected chi connectivity index (χ4v) is 3.20. The minimum Gasteiger partial charge on any atom is -0.444 e. The van der Waals surface area contributed by atoms with E-state index in [2.05, 4.69) is 12.6 Å². The summed E-state index contributed by atoms with van der Waals surface area (Å²) in [4.78, 5) is 13.9. The minimum absolute atomic E-state index is 0.127. The molecule has 2 bridgehead atoms. The third kappa shape index (κ3) is 2.72. The SMILES string of the molecule is CC(C)(C)OC(=O)N1C[C@@H]2C[C@H]1C2CCCS. The molecule has 1 aliphatic carbocycles. The lowest BCUT2D eigenvalue weighted by Gasteiger charge is -2.36. The van der Waals surface area contributed by atoms with Crippen molar-refractivity contribution >= 4 is 18.7 Å². The second-order valence-electron chi connectivity index (χ2n) is 6.23. The van der Waals surface area contributed by atoms with Crippen LogP contribution in [0.25, 0.3) is 0 Å². The van der Waals surface area contributed by atoms with Crippen molar-refractivity contribution in [3.05, 3.63) is 0 Å². The van der Waals surface area contributed by atoms with Gasteiger partial charge in [0.1, 0.15) is 5.60 Å². The largest absolute Gasteiger partial charge is 0.444 e. The van der Waals surface area contributed by atoms with Crippen LogP contribution < -0.4 is 0 Å². The van der Waals surface area contributed by atoms with Gasteiger partial charge in [-0.3, -0.25) is 0 Å². The number of ether oxygens (including phenoxy) is 1. The van der Waals surface area contributed by atoms with Crippen molar-refractivity contribution < 1.29 is 9.53 Å². The van der Waals surface area contributed by atoms with Crippen molar-refractivity contribution in [2.45, 2.75) is 51.7 Å². The van der Waals surface area contributed by atoms with Gasteiger partial charge in [0.2, 0.25) is 0 Å². The number of thiol groups is 1. The van der Waals surface area contributed by atoms with Gasteiger partial charge in [-0.2, -0.15) is 12.6 Å². The standard InChI is InChI=1S/C13H23NO2S/c1-13(2,3)16-12(15)14-8-9-7-11(14)10(9)5-4-6-17/h9-11,17H,4-8H2,1-3H3/t9-,10?,11-/m0/s1. The number of carbonyl (C=O) groups is 1. The summed E-state index contributed by atoms with van der Waals surface area (Å²) in [5.41, 5.74) is -0.384. The van der Waals surface area contributed by atoms with Crippen LogP contribution in [0.2, 0.25) is 0 Å². The van der Waals surface area contributed by atoms with E-state index in [4.69, 9.17) is 4.74 Å². The van der Waals surface area contributed by atoms with Crippen LogP contribution in [-0.2, 0) is 4.74 Å². The van der Waals surface area contributed by atoms with Gasteiger partial charge < -0.3 is 9.64 Å². The quantitative estimate of drug-likeness (QED) is 0.788. The normalized spacial score (nSPS) is 31.3. The fraction of sp³-hybridized carbons (Fsp3) is 0.923. The van der Waals surface area contributed by atoms with Gasteiger partial charge in [-0.1, -0.05) is 0 Å². The van der Waals surface area contributed by atoms with Crippen LogP contribution in [0, 0.1) is 11.8 Å². The van der Waals surface area contributed by atoms with Crippen molar-refractivity contribution in [3.63, 3.8) is 0 Å². The second-order valence-corrected chi connectivity index (χ2v) is 6.67. The Morgan fingerprint density at radius 1 is 1.47 bits per heavy atom. The highest BCUT2D eigenvalue weighted by atomic mass is 32.1. The smallest absolute Gasteiger partial charge is 0.410 e. The van der Waals surface area contributed by atoms with E-state index in [1.54, 1.807) is 0 Å². The van der Waals surface area contributed by atoms with Gasteiger partial charge in [-0.05, 0) is 57.6 Å². The van der Waals surface area contributed by atoms with E-state index in [1.165, 1.54) is 12.8 Å². The van der Waals surface area contributed by atoms with E-state index < -0.39 is 0 Å². The lowest BCUT2D eigenvalue weighted by atomic mass is 9.71. The summed E-state index contributed by atoms with van der Waals surface area (Å²) in [6, 6.07) is 0.440. The zero-order valence-corrected chi connectivity index (χ0v) is 11.9. The number of hydrogen-bond acceptors (Lipinski definition) is 3. The van der Waals surface area contributed by atoms with E-state index in [1.807, 2.05) is 25.7 Å². The van der Waals surface area contributed by atoms with Crippen molar-refractivity contribution in [2.75, 3.05) is 12.3 Å². The molecule has 0 spiro atoms. The monoisotopic (exact) mass is 257 g/mol. The molecule has 98 valence electrons. The Bertz CT molecular complexity index is 300. The van der Waals surface area contributed by atoms with E-state index in [0.29, 0.717) is 17.9 Å². The van der Waals surface area contributed by atoms with Crippen molar-refractivity contribution in [1.82, 2.24) is 4.90 Å². The van der Waals surface area contributed by atoms with Gasteiger partial charge in [0.15, 0.2) is 0 Å². The summed E-state index contributed by atoms with van der Waals surface area (Å²) < 4.78 is 5.44. The zero-order chi connectivity index (χ0) is 12.6. The van der Waals surface area contributed by atoms with E-state index in [0.717, 1.165) is 18.7 Å². The third-order valence-corrected chi connectivity index (χ3v) is 4.12. The van der Waals surface area contributed by atoms with E-state index >= 15 is 0 Å². The van der Waals surface area contributed by atoms with Crippen LogP contribution in [0.1, 0.15) is 40.0 Å². The third-order valence-electron chi connectivity index (χ3n) is 3.80. The van der Waals surface area contributed by atoms with Crippen molar-refractivity contribution in [1.29, 1.82) is 0 Å². The number of fused-ring (bicyclic) bond motifs is 1. The molecule has 3 aliphatic rings. The Hall–Kier alpha value is -0.380. The number of amides is 1. The van der Waals surface area contributed by atoms with Crippen LogP contribution in [-0.4, -0.2) is 34.9 Å². The maximum Gasteiger partial charge on any atom is 0.410 e. The molecule has 3 atom stereocenters. The average Bonchev–Trinajstić information content (AvgIpc) is 2.72. The molecule has 1 amide bonds. The predicted molar refractivity (Wildman–Crippen MR) is 71.4 cm³/mol. The topological polar surface area (TPSA) is 29.5 Å². The van der Waals surface area contributed by atoms with Crippen LogP contribution in [0.15, 0.2) is 0 Å². The van der Waals surface area contributed by atoms with Gasteiger partial charge in [-0.25, -0.2) is 4.79 Å². The summed E-state index contributed by atoms with van der Waals surface area (Å²) in [5, 5.41) is 0. The van der Waals surface area contributed by atoms with E-state index in [9.17, 15) is 4.79 Å². The molecule has 2 saturated heterocycles. The molecule has 4 heteroatoms. The maximum absolute atomic E-state index is 12.0. The van der Waals surface area contributed by atoms with Crippen LogP contribution in [0.5, 0.6) is 0 Å². The first kappa shape index (κ1) is 13.1. The van der Waals surface area contributed by atoms with Gasteiger partial charge in [0.05, 0.1) is 0 Å². The molecule has 3 fully saturated rings. The van der Waals surface area contributed by atoms with Crippen LogP contribution in [0.4, 0.5) is 4.79 Å². The molecule has 2 heterocycles. The highest BCUT2D eigenvalue weighted by molar-refractivity contribution is 7.80. The summed E-state index contributed by atoms with van der Waals surface area (Å²) in [5.74, 6) is 2.37. The number of carbonyl (C=O) groups excluding carboxylic acids is 1. The fourth-order valence-electron chi connectivity index (χ4n) is 3.02. The lowest BCUT2D eigenvalue weighted by Crippen LogP contribution is -2.43. The molecule has 1 saturated carbocycles. The molecule has 17 heavy (non-hydrogen) atoms. The Labute approximate surface area is 109 Å². The summed E-state index contributed by atoms with van der Waals surface area (Å²) in [6.07, 6.45) is 3.41. The molecular weight excluding hydrogens is 234 g/mol. The first-order chi connectivity index (χ1) is 7.92. The first-order valence-corrected chi connectivity index (χ1v) is 7.16. The highest BCUT2D eigenvalue weighted by Crippen LogP contribution is 2.48. The van der Waals surface area contributed by atoms with Crippen LogP contribution >= 0.6 is 12.6 Å². The molecule has 0 radical (unpaired) electrons. The summed E-state index contributed by atoms with van der Waals surface area (Å²) >= 11 is 4.25. The molecule has 0 aromatic carbocycles. The number of rotatable bonds is 3. The molecule has 3 nitrogen and oxygen atoms in total. The molecule has 0 aromatic heterocycles. The van der Waals surface area contributed by atoms with E-state index in [-0.39, 0.29) is 11.7 Å². The van der Waals surface area contributed by atoms with Crippen molar-refractivity contribution in [2.24, 2.45) is 11.8 Å². The molecule has 0 aromatic rings. The Morgan fingerprint density at radius 2 is 2.18 bits per heavy atom. The number of nitrogens with zero attached hydrogens (tertiary/aromatic N) is 1. The Morgan fingerprint density at radius 3 is 2.76 bits per heavy atom. The first-order valence-electron chi connectivity index (χ1n) is 6.53. The van der Waals surface area contributed by atoms with Crippen molar-refractivity contribution in [3.8, 4) is 0 Å². The molecule has 1 unspecified atom stereocenters. The average molecular weight is 257 g/mol. The summed E-state index contributed by atoms with van der Waals surface area (Å²) in [6.45, 7) is 6.66. The predicted octanol–water partition coefficient (Wildman–Crippen LogP) is 2.95. The van der Waals surface area contributed by atoms with Gasteiger partial charge >= 0.3 is 6.09 Å². The molecule has 0 N–H and O–H groups in total. The Balaban J connectivity index is 1.87. The number of hydrogen-bond donors (Lipinski definition) is 1. The Kier molecular flexibility index (Phi) is 3.62. The summed E-state index contributed by atoms with van der Waals surface area (Å²) in [7, 11) is 0.